The number of ether oxygens (including phenoxy) is 1. The van der Waals surface area contributed by atoms with Gasteiger partial charge in [0.05, 0.1) is 18.5 Å². The Morgan fingerprint density at radius 2 is 1.71 bits per heavy atom. The topological polar surface area (TPSA) is 81.4 Å². The van der Waals surface area contributed by atoms with E-state index in [9.17, 15) is 17.2 Å². The summed E-state index contributed by atoms with van der Waals surface area (Å²) in [7, 11) is -2.86. The summed E-state index contributed by atoms with van der Waals surface area (Å²) in [5.74, 6) is -1.33. The SMILES string of the molecule is COc1cc(F)ccc1NS(=O)(=O)c1cc(F)ccc1N. The van der Waals surface area contributed by atoms with Crippen LogP contribution in [0.25, 0.3) is 0 Å². The number of rotatable bonds is 4. The normalized spacial score (nSPS) is 11.2. The second kappa shape index (κ2) is 5.57. The summed E-state index contributed by atoms with van der Waals surface area (Å²) in [5.41, 5.74) is 5.46. The number of methoxy groups -OCH3 is 1. The van der Waals surface area contributed by atoms with Gasteiger partial charge >= 0.3 is 0 Å². The van der Waals surface area contributed by atoms with Crippen LogP contribution in [0.15, 0.2) is 41.3 Å². The van der Waals surface area contributed by atoms with Gasteiger partial charge in [-0.1, -0.05) is 0 Å². The van der Waals surface area contributed by atoms with E-state index in [2.05, 4.69) is 4.72 Å². The quantitative estimate of drug-likeness (QED) is 0.849. The van der Waals surface area contributed by atoms with Crippen LogP contribution in [-0.2, 0) is 10.0 Å². The maximum atomic E-state index is 13.2. The summed E-state index contributed by atoms with van der Waals surface area (Å²) in [4.78, 5) is -0.408. The number of sulfonamides is 1. The smallest absolute Gasteiger partial charge is 0.264 e. The number of benzene rings is 2. The van der Waals surface area contributed by atoms with E-state index in [1.165, 1.54) is 13.2 Å². The fourth-order valence-corrected chi connectivity index (χ4v) is 2.90. The van der Waals surface area contributed by atoms with Crippen LogP contribution in [-0.4, -0.2) is 15.5 Å². The molecule has 0 aliphatic heterocycles. The Morgan fingerprint density at radius 3 is 2.38 bits per heavy atom. The third kappa shape index (κ3) is 3.22. The molecule has 2 rings (SSSR count). The lowest BCUT2D eigenvalue weighted by molar-refractivity contribution is 0.413. The van der Waals surface area contributed by atoms with E-state index in [4.69, 9.17) is 10.5 Å². The molecule has 2 aromatic carbocycles. The van der Waals surface area contributed by atoms with E-state index >= 15 is 0 Å². The van der Waals surface area contributed by atoms with E-state index in [0.717, 1.165) is 30.3 Å². The number of halogens is 2. The predicted octanol–water partition coefficient (Wildman–Crippen LogP) is 2.36. The highest BCUT2D eigenvalue weighted by Gasteiger charge is 2.20. The molecule has 8 heteroatoms. The lowest BCUT2D eigenvalue weighted by Gasteiger charge is -2.13. The standard InChI is InChI=1S/C13H12F2N2O3S/c1-20-12-6-8(14)3-5-11(12)17-21(18,19)13-7-9(15)2-4-10(13)16/h2-7,17H,16H2,1H3. The van der Waals surface area contributed by atoms with Gasteiger partial charge in [-0.2, -0.15) is 0 Å². The van der Waals surface area contributed by atoms with Gasteiger partial charge < -0.3 is 10.5 Å². The van der Waals surface area contributed by atoms with Crippen LogP contribution in [0.1, 0.15) is 0 Å². The van der Waals surface area contributed by atoms with Crippen molar-refractivity contribution in [3.63, 3.8) is 0 Å². The van der Waals surface area contributed by atoms with Gasteiger partial charge in [-0.15, -0.1) is 0 Å². The van der Waals surface area contributed by atoms with Gasteiger partial charge in [-0.3, -0.25) is 4.72 Å². The maximum Gasteiger partial charge on any atom is 0.264 e. The van der Waals surface area contributed by atoms with Crippen LogP contribution >= 0.6 is 0 Å². The van der Waals surface area contributed by atoms with Crippen molar-refractivity contribution < 1.29 is 21.9 Å². The zero-order valence-electron chi connectivity index (χ0n) is 10.9. The molecule has 0 amide bonds. The second-order valence-electron chi connectivity index (χ2n) is 4.13. The zero-order chi connectivity index (χ0) is 15.6. The average molecular weight is 314 g/mol. The summed E-state index contributed by atoms with van der Waals surface area (Å²) in [5, 5.41) is 0. The van der Waals surface area contributed by atoms with Crippen molar-refractivity contribution in [2.75, 3.05) is 17.6 Å². The summed E-state index contributed by atoms with van der Waals surface area (Å²) in [6.45, 7) is 0. The van der Waals surface area contributed by atoms with Gasteiger partial charge in [0.2, 0.25) is 0 Å². The minimum Gasteiger partial charge on any atom is -0.494 e. The molecule has 2 aromatic rings. The maximum absolute atomic E-state index is 13.2. The molecule has 0 aromatic heterocycles. The van der Waals surface area contributed by atoms with E-state index in [0.29, 0.717) is 0 Å². The molecule has 0 fully saturated rings. The average Bonchev–Trinajstić information content (AvgIpc) is 2.43. The van der Waals surface area contributed by atoms with Crippen molar-refractivity contribution in [2.24, 2.45) is 0 Å². The highest BCUT2D eigenvalue weighted by molar-refractivity contribution is 7.92. The van der Waals surface area contributed by atoms with Gasteiger partial charge in [-0.25, -0.2) is 17.2 Å². The Hall–Kier alpha value is -2.35. The molecule has 0 spiro atoms. The lowest BCUT2D eigenvalue weighted by atomic mass is 10.3. The Morgan fingerprint density at radius 1 is 1.10 bits per heavy atom. The van der Waals surface area contributed by atoms with E-state index < -0.39 is 26.6 Å². The van der Waals surface area contributed by atoms with Gasteiger partial charge in [0.1, 0.15) is 22.3 Å². The third-order valence-electron chi connectivity index (χ3n) is 2.67. The van der Waals surface area contributed by atoms with E-state index in [-0.39, 0.29) is 17.1 Å². The van der Waals surface area contributed by atoms with E-state index in [1.54, 1.807) is 0 Å². The monoisotopic (exact) mass is 314 g/mol. The molecule has 0 radical (unpaired) electrons. The van der Waals surface area contributed by atoms with Crippen LogP contribution < -0.4 is 15.2 Å². The summed E-state index contributed by atoms with van der Waals surface area (Å²) in [6.07, 6.45) is 0. The molecule has 0 aliphatic carbocycles. The minimum absolute atomic E-state index is 0.00597. The van der Waals surface area contributed by atoms with E-state index in [1.807, 2.05) is 0 Å². The predicted molar refractivity (Wildman–Crippen MR) is 74.6 cm³/mol. The zero-order valence-corrected chi connectivity index (χ0v) is 11.7. The van der Waals surface area contributed by atoms with Gasteiger partial charge in [0.25, 0.3) is 10.0 Å². The molecule has 0 bridgehead atoms. The first-order valence-corrected chi connectivity index (χ1v) is 7.23. The molecule has 0 saturated carbocycles. The first kappa shape index (κ1) is 15.0. The van der Waals surface area contributed by atoms with Crippen LogP contribution in [0.2, 0.25) is 0 Å². The lowest BCUT2D eigenvalue weighted by Crippen LogP contribution is -2.15. The molecule has 0 aliphatic rings. The number of nitrogens with two attached hydrogens (primary N) is 1. The molecule has 112 valence electrons. The van der Waals surface area contributed by atoms with Gasteiger partial charge in [0, 0.05) is 6.07 Å². The Bertz CT molecular complexity index is 779. The third-order valence-corrected chi connectivity index (χ3v) is 4.09. The largest absolute Gasteiger partial charge is 0.494 e. The number of hydrogen-bond donors (Lipinski definition) is 2. The minimum atomic E-state index is -4.13. The number of nitrogen functional groups attached to an aromatic ring is 1. The molecule has 5 nitrogen and oxygen atoms in total. The van der Waals surface area contributed by atoms with Crippen molar-refractivity contribution in [1.29, 1.82) is 0 Å². The number of hydrogen-bond acceptors (Lipinski definition) is 4. The van der Waals surface area contributed by atoms with Crippen LogP contribution in [0.5, 0.6) is 5.75 Å². The van der Waals surface area contributed by atoms with Crippen molar-refractivity contribution >= 4 is 21.4 Å². The number of anilines is 2. The Balaban J connectivity index is 2.45. The molecular formula is C13H12F2N2O3S. The molecular weight excluding hydrogens is 302 g/mol. The second-order valence-corrected chi connectivity index (χ2v) is 5.78. The fourth-order valence-electron chi connectivity index (χ4n) is 1.69. The summed E-state index contributed by atoms with van der Waals surface area (Å²) < 4.78 is 57.8. The Kier molecular flexibility index (Phi) is 3.99. The van der Waals surface area contributed by atoms with Gasteiger partial charge in [0.15, 0.2) is 0 Å². The molecule has 0 unspecified atom stereocenters. The van der Waals surface area contributed by atoms with Crippen LogP contribution in [0, 0.1) is 11.6 Å². The van der Waals surface area contributed by atoms with Gasteiger partial charge in [-0.05, 0) is 30.3 Å². The van der Waals surface area contributed by atoms with Crippen molar-refractivity contribution in [2.45, 2.75) is 4.90 Å². The summed E-state index contributed by atoms with van der Waals surface area (Å²) in [6, 6.07) is 6.27. The van der Waals surface area contributed by atoms with Crippen molar-refractivity contribution in [3.05, 3.63) is 48.0 Å². The highest BCUT2D eigenvalue weighted by atomic mass is 32.2. The fraction of sp³-hybridized carbons (Fsp3) is 0.0769. The Labute approximate surface area is 120 Å². The van der Waals surface area contributed by atoms with Crippen LogP contribution in [0.3, 0.4) is 0 Å². The van der Waals surface area contributed by atoms with Crippen molar-refractivity contribution in [1.82, 2.24) is 0 Å². The highest BCUT2D eigenvalue weighted by Crippen LogP contribution is 2.29. The molecule has 21 heavy (non-hydrogen) atoms. The first-order valence-electron chi connectivity index (χ1n) is 5.75. The number of nitrogens with one attached hydrogen (secondary N) is 1. The molecule has 0 atom stereocenters. The molecule has 3 N–H and O–H groups in total. The summed E-state index contributed by atoms with van der Waals surface area (Å²) >= 11 is 0. The van der Waals surface area contributed by atoms with Crippen molar-refractivity contribution in [3.8, 4) is 5.75 Å². The van der Waals surface area contributed by atoms with Crippen LogP contribution in [0.4, 0.5) is 20.2 Å². The first-order chi connectivity index (χ1) is 9.83. The molecule has 0 heterocycles. The molecule has 0 saturated heterocycles.